The molecule has 1 aliphatic heterocycles. The lowest BCUT2D eigenvalue weighted by atomic mass is 10.3. The average Bonchev–Trinajstić information content (AvgIpc) is 3.31. The monoisotopic (exact) mass is 488 g/mol. The first-order valence-electron chi connectivity index (χ1n) is 8.63. The molecule has 27 heavy (non-hydrogen) atoms. The van der Waals surface area contributed by atoms with Gasteiger partial charge in [-0.2, -0.15) is 0 Å². The molecule has 148 valence electrons. The molecule has 1 aromatic heterocycles. The minimum absolute atomic E-state index is 0. The maximum Gasteiger partial charge on any atom is 0.231 e. The number of guanidine groups is 1. The molecule has 0 amide bonds. The van der Waals surface area contributed by atoms with E-state index < -0.39 is 0 Å². The van der Waals surface area contributed by atoms with E-state index in [9.17, 15) is 0 Å². The number of benzene rings is 1. The first-order valence-corrected chi connectivity index (χ1v) is 8.63. The van der Waals surface area contributed by atoms with E-state index in [1.165, 1.54) is 0 Å². The van der Waals surface area contributed by atoms with Crippen molar-refractivity contribution in [2.24, 2.45) is 4.99 Å². The van der Waals surface area contributed by atoms with Crippen molar-refractivity contribution < 1.29 is 14.2 Å². The summed E-state index contributed by atoms with van der Waals surface area (Å²) in [6.07, 6.45) is 2.61. The molecule has 10 heteroatoms. The third-order valence-corrected chi connectivity index (χ3v) is 3.89. The molecule has 0 unspecified atom stereocenters. The van der Waals surface area contributed by atoms with Gasteiger partial charge >= 0.3 is 0 Å². The van der Waals surface area contributed by atoms with Crippen LogP contribution in [-0.4, -0.2) is 54.3 Å². The number of halogens is 1. The molecule has 0 atom stereocenters. The van der Waals surface area contributed by atoms with Crippen LogP contribution in [0.1, 0.15) is 12.7 Å². The summed E-state index contributed by atoms with van der Waals surface area (Å²) in [5.74, 6) is 3.92. The molecule has 0 radical (unpaired) electrons. The fourth-order valence-corrected chi connectivity index (χ4v) is 2.56. The number of hydrogen-bond donors (Lipinski definition) is 2. The molecular formula is C17H25IN6O3. The molecule has 0 saturated carbocycles. The second-order valence-corrected chi connectivity index (χ2v) is 5.58. The highest BCUT2D eigenvalue weighted by Crippen LogP contribution is 2.34. The summed E-state index contributed by atoms with van der Waals surface area (Å²) < 4.78 is 18.4. The Labute approximate surface area is 175 Å². The molecule has 0 fully saturated rings. The third-order valence-electron chi connectivity index (χ3n) is 3.89. The molecular weight excluding hydrogens is 463 g/mol. The van der Waals surface area contributed by atoms with E-state index in [2.05, 4.69) is 32.7 Å². The number of hydrogen-bond acceptors (Lipinski definition) is 6. The number of nitrogens with one attached hydrogen (secondary N) is 2. The standard InChI is InChI=1S/C17H24N6O3.HI/c1-3-16-22-21-11-23(16)8-6-19-17(18-2)20-7-9-24-13-4-5-14-15(10-13)26-12-25-14;/h4-5,10-11H,3,6-9,12H2,1-2H3,(H2,18,19,20);1H. The van der Waals surface area contributed by atoms with Crippen molar-refractivity contribution in [3.05, 3.63) is 30.4 Å². The van der Waals surface area contributed by atoms with Crippen molar-refractivity contribution in [1.82, 2.24) is 25.4 Å². The van der Waals surface area contributed by atoms with Crippen molar-refractivity contribution in [2.45, 2.75) is 19.9 Å². The maximum absolute atomic E-state index is 5.72. The molecule has 2 heterocycles. The van der Waals surface area contributed by atoms with E-state index in [-0.39, 0.29) is 30.8 Å². The number of aromatic nitrogens is 3. The summed E-state index contributed by atoms with van der Waals surface area (Å²) in [5.41, 5.74) is 0. The van der Waals surface area contributed by atoms with Crippen LogP contribution in [0.2, 0.25) is 0 Å². The van der Waals surface area contributed by atoms with Gasteiger partial charge in [-0.25, -0.2) is 0 Å². The van der Waals surface area contributed by atoms with Gasteiger partial charge in [-0.15, -0.1) is 34.2 Å². The first-order chi connectivity index (χ1) is 12.8. The molecule has 9 nitrogen and oxygen atoms in total. The van der Waals surface area contributed by atoms with Crippen LogP contribution in [0.3, 0.4) is 0 Å². The SMILES string of the molecule is CCc1nncn1CCNC(=NC)NCCOc1ccc2c(c1)OCO2.I. The van der Waals surface area contributed by atoms with Crippen molar-refractivity contribution in [3.63, 3.8) is 0 Å². The lowest BCUT2D eigenvalue weighted by Gasteiger charge is -2.13. The van der Waals surface area contributed by atoms with Gasteiger partial charge in [0.15, 0.2) is 17.5 Å². The van der Waals surface area contributed by atoms with Crippen LogP contribution in [0.4, 0.5) is 0 Å². The van der Waals surface area contributed by atoms with Gasteiger partial charge in [-0.3, -0.25) is 4.99 Å². The van der Waals surface area contributed by atoms with Gasteiger partial charge in [0.05, 0.1) is 6.54 Å². The van der Waals surface area contributed by atoms with Crippen molar-refractivity contribution in [3.8, 4) is 17.2 Å². The van der Waals surface area contributed by atoms with Gasteiger partial charge in [0.1, 0.15) is 24.5 Å². The van der Waals surface area contributed by atoms with Crippen LogP contribution < -0.4 is 24.8 Å². The Morgan fingerprint density at radius 1 is 1.26 bits per heavy atom. The smallest absolute Gasteiger partial charge is 0.231 e. The zero-order valence-electron chi connectivity index (χ0n) is 15.5. The highest BCUT2D eigenvalue weighted by atomic mass is 127. The molecule has 2 N–H and O–H groups in total. The highest BCUT2D eigenvalue weighted by Gasteiger charge is 2.13. The Kier molecular flexibility index (Phi) is 8.43. The van der Waals surface area contributed by atoms with E-state index >= 15 is 0 Å². The van der Waals surface area contributed by atoms with Crippen LogP contribution in [0.15, 0.2) is 29.5 Å². The summed E-state index contributed by atoms with van der Waals surface area (Å²) in [7, 11) is 1.74. The molecule has 3 rings (SSSR count). The minimum Gasteiger partial charge on any atom is -0.492 e. The van der Waals surface area contributed by atoms with E-state index in [4.69, 9.17) is 14.2 Å². The number of ether oxygens (including phenoxy) is 3. The van der Waals surface area contributed by atoms with Gasteiger partial charge in [-0.1, -0.05) is 6.92 Å². The zero-order valence-corrected chi connectivity index (χ0v) is 17.8. The summed E-state index contributed by atoms with van der Waals surface area (Å²) in [4.78, 5) is 4.20. The van der Waals surface area contributed by atoms with Gasteiger partial charge in [-0.05, 0) is 12.1 Å². The second kappa shape index (κ2) is 10.8. The number of rotatable bonds is 8. The van der Waals surface area contributed by atoms with Gasteiger partial charge in [0, 0.05) is 32.6 Å². The van der Waals surface area contributed by atoms with Gasteiger partial charge in [0.25, 0.3) is 0 Å². The Hall–Kier alpha value is -2.24. The van der Waals surface area contributed by atoms with E-state index in [0.29, 0.717) is 18.9 Å². The lowest BCUT2D eigenvalue weighted by Crippen LogP contribution is -2.40. The van der Waals surface area contributed by atoms with E-state index in [0.717, 1.165) is 42.8 Å². The molecule has 0 saturated heterocycles. The normalized spacial score (nSPS) is 12.4. The Bertz CT molecular complexity index is 752. The summed E-state index contributed by atoms with van der Waals surface area (Å²) in [5, 5.41) is 14.5. The molecule has 1 aromatic carbocycles. The van der Waals surface area contributed by atoms with Crippen molar-refractivity contribution in [2.75, 3.05) is 33.5 Å². The predicted molar refractivity (Wildman–Crippen MR) is 112 cm³/mol. The van der Waals surface area contributed by atoms with Crippen LogP contribution >= 0.6 is 24.0 Å². The fraction of sp³-hybridized carbons (Fsp3) is 0.471. The number of aryl methyl sites for hydroxylation is 1. The Morgan fingerprint density at radius 3 is 2.89 bits per heavy atom. The van der Waals surface area contributed by atoms with Crippen LogP contribution in [0.5, 0.6) is 17.2 Å². The van der Waals surface area contributed by atoms with Crippen LogP contribution in [-0.2, 0) is 13.0 Å². The molecule has 0 bridgehead atoms. The molecule has 2 aromatic rings. The lowest BCUT2D eigenvalue weighted by molar-refractivity contribution is 0.173. The van der Waals surface area contributed by atoms with Crippen molar-refractivity contribution in [1.29, 1.82) is 0 Å². The number of fused-ring (bicyclic) bond motifs is 1. The maximum atomic E-state index is 5.72. The molecule has 1 aliphatic rings. The van der Waals surface area contributed by atoms with Crippen molar-refractivity contribution >= 4 is 29.9 Å². The third kappa shape index (κ3) is 5.88. The summed E-state index contributed by atoms with van der Waals surface area (Å²) in [6.45, 7) is 4.97. The topological polar surface area (TPSA) is 94.8 Å². The van der Waals surface area contributed by atoms with E-state index in [1.807, 2.05) is 22.8 Å². The second-order valence-electron chi connectivity index (χ2n) is 5.58. The van der Waals surface area contributed by atoms with Crippen LogP contribution in [0, 0.1) is 0 Å². The zero-order chi connectivity index (χ0) is 18.2. The highest BCUT2D eigenvalue weighted by molar-refractivity contribution is 14.0. The molecule has 0 aliphatic carbocycles. The first kappa shape index (κ1) is 21.1. The summed E-state index contributed by atoms with van der Waals surface area (Å²) >= 11 is 0. The van der Waals surface area contributed by atoms with Gasteiger partial charge < -0.3 is 29.4 Å². The summed E-state index contributed by atoms with van der Waals surface area (Å²) in [6, 6.07) is 5.55. The Balaban J connectivity index is 0.00000261. The molecule has 0 spiro atoms. The number of nitrogens with zero attached hydrogens (tertiary/aromatic N) is 4. The van der Waals surface area contributed by atoms with Crippen LogP contribution in [0.25, 0.3) is 0 Å². The Morgan fingerprint density at radius 2 is 2.07 bits per heavy atom. The minimum atomic E-state index is 0. The largest absolute Gasteiger partial charge is 0.492 e. The predicted octanol–water partition coefficient (Wildman–Crippen LogP) is 1.43. The number of aliphatic imine (C=N–C) groups is 1. The fourth-order valence-electron chi connectivity index (χ4n) is 2.56. The van der Waals surface area contributed by atoms with E-state index in [1.54, 1.807) is 13.4 Å². The quantitative estimate of drug-likeness (QED) is 0.251. The van der Waals surface area contributed by atoms with Gasteiger partial charge in [0.2, 0.25) is 6.79 Å². The average molecular weight is 488 g/mol.